The number of benzene rings is 1. The molecule has 0 saturated carbocycles. The predicted octanol–water partition coefficient (Wildman–Crippen LogP) is 3.52. The molecule has 1 aromatic carbocycles. The van der Waals surface area contributed by atoms with Crippen LogP contribution in [0.2, 0.25) is 0 Å². The molecule has 0 fully saturated rings. The molecule has 7 heteroatoms. The first-order valence-corrected chi connectivity index (χ1v) is 10.0. The monoisotopic (exact) mass is 405 g/mol. The summed E-state index contributed by atoms with van der Waals surface area (Å²) >= 11 is 1.57. The van der Waals surface area contributed by atoms with E-state index < -0.39 is 5.92 Å². The third-order valence-electron chi connectivity index (χ3n) is 4.63. The van der Waals surface area contributed by atoms with E-state index in [4.69, 9.17) is 4.74 Å². The number of carbonyl (C=O) groups is 2. The zero-order chi connectivity index (χ0) is 20.2. The molecular weight excluding hydrogens is 386 g/mol. The Balaban J connectivity index is 1.61. The molecule has 1 aliphatic heterocycles. The summed E-state index contributed by atoms with van der Waals surface area (Å²) in [6.45, 7) is 0.554. The third-order valence-corrected chi connectivity index (χ3v) is 5.49. The molecule has 1 aromatic heterocycles. The van der Waals surface area contributed by atoms with Crippen LogP contribution in [-0.4, -0.2) is 41.9 Å². The molecule has 0 bridgehead atoms. The van der Waals surface area contributed by atoms with Gasteiger partial charge in [-0.2, -0.15) is 4.99 Å². The number of methoxy groups -OCH3 is 1. The first-order valence-electron chi connectivity index (χ1n) is 9.14. The zero-order valence-electron chi connectivity index (χ0n) is 15.8. The number of hydrogen-bond donors (Lipinski definition) is 0. The van der Waals surface area contributed by atoms with Crippen LogP contribution in [0.3, 0.4) is 0 Å². The van der Waals surface area contributed by atoms with Crippen molar-refractivity contribution in [2.75, 3.05) is 13.7 Å². The fourth-order valence-electron chi connectivity index (χ4n) is 3.19. The van der Waals surface area contributed by atoms with Crippen LogP contribution < -0.4 is 4.74 Å². The first-order chi connectivity index (χ1) is 14.1. The van der Waals surface area contributed by atoms with Gasteiger partial charge in [0.05, 0.1) is 25.9 Å². The second-order valence-corrected chi connectivity index (χ2v) is 7.63. The third kappa shape index (κ3) is 4.25. The summed E-state index contributed by atoms with van der Waals surface area (Å²) < 4.78 is 5.24. The van der Waals surface area contributed by atoms with Gasteiger partial charge in [0.25, 0.3) is 11.8 Å². The Bertz CT molecular complexity index is 1050. The van der Waals surface area contributed by atoms with Crippen molar-refractivity contribution in [3.63, 3.8) is 0 Å². The van der Waals surface area contributed by atoms with Crippen molar-refractivity contribution in [2.45, 2.75) is 6.54 Å². The van der Waals surface area contributed by atoms with Crippen LogP contribution in [-0.2, 0) is 11.3 Å². The summed E-state index contributed by atoms with van der Waals surface area (Å²) in [5.74, 6) is 0.0984. The fraction of sp³-hybridized carbons (Fsp3) is 0.182. The van der Waals surface area contributed by atoms with Crippen LogP contribution in [0, 0.1) is 5.92 Å². The molecule has 29 heavy (non-hydrogen) atoms. The average molecular weight is 405 g/mol. The van der Waals surface area contributed by atoms with Crippen molar-refractivity contribution in [1.29, 1.82) is 0 Å². The zero-order valence-corrected chi connectivity index (χ0v) is 16.6. The molecule has 0 saturated heterocycles. The molecular formula is C22H19N3O3S. The van der Waals surface area contributed by atoms with E-state index in [1.807, 2.05) is 35.7 Å². The molecule has 0 N–H and O–H groups in total. The highest BCUT2D eigenvalue weighted by atomic mass is 32.1. The van der Waals surface area contributed by atoms with Gasteiger partial charge in [0.1, 0.15) is 11.7 Å². The number of allylic oxidation sites excluding steroid dienone is 3. The lowest BCUT2D eigenvalue weighted by Crippen LogP contribution is -2.37. The van der Waals surface area contributed by atoms with E-state index in [9.17, 15) is 9.59 Å². The number of aliphatic imine (C=N–C) groups is 2. The number of fused-ring (bicyclic) bond motifs is 1. The summed E-state index contributed by atoms with van der Waals surface area (Å²) in [6.07, 6.45) is 7.25. The average Bonchev–Trinajstić information content (AvgIpc) is 3.26. The lowest BCUT2D eigenvalue weighted by molar-refractivity contribution is -0.118. The second-order valence-electron chi connectivity index (χ2n) is 6.60. The summed E-state index contributed by atoms with van der Waals surface area (Å²) in [4.78, 5) is 37.0. The molecule has 1 aliphatic carbocycles. The summed E-state index contributed by atoms with van der Waals surface area (Å²) in [5.41, 5.74) is 1.17. The number of hydrogen-bond acceptors (Lipinski definition) is 5. The molecule has 2 heterocycles. The standard InChI is InChI=1S/C22H19N3O3S/c1-28-16-7-4-6-15(12-16)22(27)25(13-17-8-5-11-29-17)14-20-23-19-10-3-2-9-18(19)21(26)24-20/h2-12,18H,13-14H2,1H3. The van der Waals surface area contributed by atoms with Gasteiger partial charge in [-0.05, 0) is 35.7 Å². The van der Waals surface area contributed by atoms with Gasteiger partial charge in [-0.3, -0.25) is 9.59 Å². The topological polar surface area (TPSA) is 71.3 Å². The number of nitrogens with zero attached hydrogens (tertiary/aromatic N) is 3. The SMILES string of the molecule is COc1cccc(C(=O)N(CC2=NC(=O)C3C=CC=CC3=N2)Cc2cccs2)c1. The molecule has 2 aliphatic rings. The van der Waals surface area contributed by atoms with E-state index in [-0.39, 0.29) is 18.4 Å². The highest BCUT2D eigenvalue weighted by Gasteiger charge is 2.28. The molecule has 2 amide bonds. The highest BCUT2D eigenvalue weighted by Crippen LogP contribution is 2.20. The van der Waals surface area contributed by atoms with Crippen molar-refractivity contribution in [2.24, 2.45) is 15.9 Å². The van der Waals surface area contributed by atoms with E-state index in [1.54, 1.807) is 53.7 Å². The molecule has 1 unspecified atom stereocenters. The van der Waals surface area contributed by atoms with E-state index in [1.165, 1.54) is 0 Å². The molecule has 146 valence electrons. The molecule has 4 rings (SSSR count). The molecule has 0 radical (unpaired) electrons. The van der Waals surface area contributed by atoms with Crippen LogP contribution in [0.1, 0.15) is 15.2 Å². The van der Waals surface area contributed by atoms with Gasteiger partial charge >= 0.3 is 0 Å². The van der Waals surface area contributed by atoms with Gasteiger partial charge in [0.15, 0.2) is 5.84 Å². The molecule has 6 nitrogen and oxygen atoms in total. The van der Waals surface area contributed by atoms with Crippen LogP contribution in [0.5, 0.6) is 5.75 Å². The molecule has 0 spiro atoms. The number of ether oxygens (including phenoxy) is 1. The lowest BCUT2D eigenvalue weighted by atomic mass is 9.96. The van der Waals surface area contributed by atoms with Gasteiger partial charge in [-0.25, -0.2) is 4.99 Å². The van der Waals surface area contributed by atoms with Gasteiger partial charge in [0.2, 0.25) is 0 Å². The Morgan fingerprint density at radius 1 is 1.17 bits per heavy atom. The second kappa shape index (κ2) is 8.36. The maximum atomic E-state index is 13.2. The Hall–Kier alpha value is -3.32. The number of amides is 2. The van der Waals surface area contributed by atoms with E-state index >= 15 is 0 Å². The Morgan fingerprint density at radius 2 is 2.07 bits per heavy atom. The van der Waals surface area contributed by atoms with Gasteiger partial charge in [-0.15, -0.1) is 11.3 Å². The smallest absolute Gasteiger partial charge is 0.260 e. The number of carbonyl (C=O) groups excluding carboxylic acids is 2. The molecule has 1 atom stereocenters. The summed E-state index contributed by atoms with van der Waals surface area (Å²) in [7, 11) is 1.56. The maximum Gasteiger partial charge on any atom is 0.260 e. The van der Waals surface area contributed by atoms with Crippen molar-refractivity contribution < 1.29 is 14.3 Å². The minimum Gasteiger partial charge on any atom is -0.497 e. The van der Waals surface area contributed by atoms with Gasteiger partial charge < -0.3 is 9.64 Å². The van der Waals surface area contributed by atoms with Gasteiger partial charge in [-0.1, -0.05) is 30.4 Å². The minimum atomic E-state index is -0.427. The fourth-order valence-corrected chi connectivity index (χ4v) is 3.91. The summed E-state index contributed by atoms with van der Waals surface area (Å²) in [5, 5.41) is 1.97. The Labute approximate surface area is 172 Å². The van der Waals surface area contributed by atoms with Crippen molar-refractivity contribution in [1.82, 2.24) is 4.90 Å². The largest absolute Gasteiger partial charge is 0.497 e. The normalized spacial score (nSPS) is 17.4. The minimum absolute atomic E-state index is 0.146. The van der Waals surface area contributed by atoms with E-state index in [2.05, 4.69) is 9.98 Å². The van der Waals surface area contributed by atoms with Crippen LogP contribution in [0.25, 0.3) is 0 Å². The van der Waals surface area contributed by atoms with Crippen LogP contribution in [0.4, 0.5) is 0 Å². The number of thiophene rings is 1. The van der Waals surface area contributed by atoms with E-state index in [0.717, 1.165) is 4.88 Å². The lowest BCUT2D eigenvalue weighted by Gasteiger charge is -2.24. The maximum absolute atomic E-state index is 13.2. The number of amidine groups is 1. The van der Waals surface area contributed by atoms with Gasteiger partial charge in [0, 0.05) is 10.4 Å². The summed E-state index contributed by atoms with van der Waals surface area (Å²) in [6, 6.07) is 10.9. The van der Waals surface area contributed by atoms with E-state index in [0.29, 0.717) is 29.4 Å². The first kappa shape index (κ1) is 19.0. The Kier molecular flexibility index (Phi) is 5.48. The van der Waals surface area contributed by atoms with Crippen molar-refractivity contribution in [3.8, 4) is 5.75 Å². The van der Waals surface area contributed by atoms with Crippen LogP contribution >= 0.6 is 11.3 Å². The highest BCUT2D eigenvalue weighted by molar-refractivity contribution is 7.09. The quantitative estimate of drug-likeness (QED) is 0.738. The number of rotatable bonds is 6. The van der Waals surface area contributed by atoms with Crippen LogP contribution in [0.15, 0.2) is 76.1 Å². The molecule has 2 aromatic rings. The van der Waals surface area contributed by atoms with Crippen molar-refractivity contribution >= 4 is 34.7 Å². The van der Waals surface area contributed by atoms with Crippen molar-refractivity contribution in [3.05, 3.63) is 76.5 Å². The Morgan fingerprint density at radius 3 is 2.86 bits per heavy atom. The predicted molar refractivity (Wildman–Crippen MR) is 114 cm³/mol.